The van der Waals surface area contributed by atoms with Crippen molar-refractivity contribution in [3.8, 4) is 11.3 Å². The molecule has 0 spiro atoms. The molecule has 2 aliphatic heterocycles. The maximum Gasteiger partial charge on any atom is 0.407 e. The molecule has 2 saturated heterocycles. The van der Waals surface area contributed by atoms with Gasteiger partial charge in [-0.05, 0) is 37.0 Å². The molecule has 3 aromatic carbocycles. The minimum absolute atomic E-state index is 0.201. The van der Waals surface area contributed by atoms with Gasteiger partial charge in [0.2, 0.25) is 10.0 Å². The Morgan fingerprint density at radius 3 is 2.18 bits per heavy atom. The molecule has 11 heteroatoms. The summed E-state index contributed by atoms with van der Waals surface area (Å²) in [5, 5.41) is 9.72. The summed E-state index contributed by atoms with van der Waals surface area (Å²) in [5.74, 6) is -0.266. The van der Waals surface area contributed by atoms with Crippen LogP contribution < -0.4 is 0 Å². The molecule has 44 heavy (non-hydrogen) atoms. The number of amides is 2. The van der Waals surface area contributed by atoms with Crippen molar-refractivity contribution in [2.75, 3.05) is 32.7 Å². The van der Waals surface area contributed by atoms with Crippen LogP contribution in [0.25, 0.3) is 11.3 Å². The third kappa shape index (κ3) is 5.97. The Morgan fingerprint density at radius 1 is 0.841 bits per heavy atom. The van der Waals surface area contributed by atoms with Crippen molar-refractivity contribution >= 4 is 22.0 Å². The number of carboxylic acid groups (broad SMARTS) is 1. The molecule has 228 valence electrons. The molecule has 3 heterocycles. The molecule has 6 rings (SSSR count). The van der Waals surface area contributed by atoms with E-state index in [1.54, 1.807) is 41.6 Å². The lowest BCUT2D eigenvalue weighted by atomic mass is 10.0. The van der Waals surface area contributed by atoms with Gasteiger partial charge >= 0.3 is 6.09 Å². The number of rotatable bonds is 7. The van der Waals surface area contributed by atoms with Gasteiger partial charge in [0.1, 0.15) is 0 Å². The highest BCUT2D eigenvalue weighted by atomic mass is 32.2. The van der Waals surface area contributed by atoms with Crippen LogP contribution in [0.4, 0.5) is 4.79 Å². The molecule has 1 unspecified atom stereocenters. The van der Waals surface area contributed by atoms with Gasteiger partial charge in [0.15, 0.2) is 5.69 Å². The summed E-state index contributed by atoms with van der Waals surface area (Å²) in [5.41, 5.74) is 2.73. The average molecular weight is 614 g/mol. The van der Waals surface area contributed by atoms with E-state index in [2.05, 4.69) is 4.98 Å². The van der Waals surface area contributed by atoms with Gasteiger partial charge in [0.05, 0.1) is 23.0 Å². The fraction of sp³-hybridized carbons (Fsp3) is 0.303. The number of sulfonamides is 1. The van der Waals surface area contributed by atoms with Crippen LogP contribution in [-0.4, -0.2) is 87.9 Å². The number of imidazole rings is 1. The van der Waals surface area contributed by atoms with Gasteiger partial charge in [0, 0.05) is 44.3 Å². The lowest BCUT2D eigenvalue weighted by Crippen LogP contribution is -2.57. The molecular weight excluding hydrogens is 578 g/mol. The Morgan fingerprint density at radius 2 is 1.50 bits per heavy atom. The maximum atomic E-state index is 14.4. The summed E-state index contributed by atoms with van der Waals surface area (Å²) in [6, 6.07) is 27.1. The lowest BCUT2D eigenvalue weighted by molar-refractivity contribution is 0.0447. The standard InChI is InChI=1S/C33H35N5O5S/c39-32(37-20-19-35(33(40)41)22-28(37)21-25-11-4-1-5-12-25)30-31(26-13-6-2-7-14-26)38(24-34-30)27-15-10-18-36(23-27)44(42,43)29-16-8-3-9-17-29/h1-9,11-14,16-17,24,27-28H,10,15,18-23H2,(H,40,41)/t27?,28-/m1/s1. The van der Waals surface area contributed by atoms with E-state index in [1.165, 1.54) is 9.21 Å². The average Bonchev–Trinajstić information content (AvgIpc) is 3.51. The van der Waals surface area contributed by atoms with Crippen LogP contribution in [0, 0.1) is 0 Å². The van der Waals surface area contributed by atoms with E-state index < -0.39 is 16.1 Å². The molecule has 2 amide bonds. The largest absolute Gasteiger partial charge is 0.465 e. The zero-order chi connectivity index (χ0) is 30.7. The maximum absolute atomic E-state index is 14.4. The number of nitrogens with zero attached hydrogens (tertiary/aromatic N) is 5. The summed E-state index contributed by atoms with van der Waals surface area (Å²) in [4.78, 5) is 34.2. The van der Waals surface area contributed by atoms with Crippen LogP contribution >= 0.6 is 0 Å². The van der Waals surface area contributed by atoms with Crippen LogP contribution in [-0.2, 0) is 16.4 Å². The first-order valence-corrected chi connectivity index (χ1v) is 16.3. The van der Waals surface area contributed by atoms with E-state index in [0.717, 1.165) is 17.5 Å². The van der Waals surface area contributed by atoms with Crippen molar-refractivity contribution in [3.63, 3.8) is 0 Å². The summed E-state index contributed by atoms with van der Waals surface area (Å²) < 4.78 is 30.5. The van der Waals surface area contributed by atoms with Crippen LogP contribution in [0.5, 0.6) is 0 Å². The van der Waals surface area contributed by atoms with Gasteiger partial charge in [-0.1, -0.05) is 78.9 Å². The van der Waals surface area contributed by atoms with Crippen molar-refractivity contribution in [2.45, 2.75) is 36.2 Å². The number of aromatic nitrogens is 2. The molecule has 10 nitrogen and oxygen atoms in total. The van der Waals surface area contributed by atoms with Gasteiger partial charge in [-0.15, -0.1) is 0 Å². The molecule has 2 fully saturated rings. The third-order valence-electron chi connectivity index (χ3n) is 8.51. The zero-order valence-electron chi connectivity index (χ0n) is 24.3. The Balaban J connectivity index is 1.34. The SMILES string of the molecule is O=C(O)N1CCN(C(=O)c2ncn(C3CCCN(S(=O)(=O)c4ccccc4)C3)c2-c2ccccc2)[C@H](Cc2ccccc2)C1. The van der Waals surface area contributed by atoms with E-state index in [0.29, 0.717) is 25.1 Å². The van der Waals surface area contributed by atoms with E-state index in [9.17, 15) is 23.1 Å². The fourth-order valence-corrected chi connectivity index (χ4v) is 7.81. The minimum atomic E-state index is -3.68. The first-order chi connectivity index (χ1) is 21.3. The highest BCUT2D eigenvalue weighted by Crippen LogP contribution is 2.33. The van der Waals surface area contributed by atoms with E-state index in [1.807, 2.05) is 65.2 Å². The molecule has 0 bridgehead atoms. The van der Waals surface area contributed by atoms with Crippen LogP contribution in [0.2, 0.25) is 0 Å². The van der Waals surface area contributed by atoms with Crippen molar-refractivity contribution < 1.29 is 23.1 Å². The number of carbonyl (C=O) groups is 2. The Labute approximate surface area is 257 Å². The van der Waals surface area contributed by atoms with E-state index in [-0.39, 0.29) is 54.8 Å². The van der Waals surface area contributed by atoms with Crippen LogP contribution in [0.3, 0.4) is 0 Å². The van der Waals surface area contributed by atoms with E-state index in [4.69, 9.17) is 0 Å². The molecule has 1 N–H and O–H groups in total. The second-order valence-corrected chi connectivity index (χ2v) is 13.2. The van der Waals surface area contributed by atoms with Crippen molar-refractivity contribution in [2.24, 2.45) is 0 Å². The molecule has 0 radical (unpaired) electrons. The number of hydrogen-bond donors (Lipinski definition) is 1. The van der Waals surface area contributed by atoms with Gasteiger partial charge < -0.3 is 19.5 Å². The number of benzene rings is 3. The number of carbonyl (C=O) groups excluding carboxylic acids is 1. The molecule has 4 aromatic rings. The quantitative estimate of drug-likeness (QED) is 0.325. The second-order valence-electron chi connectivity index (χ2n) is 11.3. The van der Waals surface area contributed by atoms with Crippen LogP contribution in [0.15, 0.2) is 102 Å². The summed E-state index contributed by atoms with van der Waals surface area (Å²) in [6.45, 7) is 1.34. The van der Waals surface area contributed by atoms with Crippen molar-refractivity contribution in [3.05, 3.63) is 109 Å². The van der Waals surface area contributed by atoms with Gasteiger partial charge in [0.25, 0.3) is 5.91 Å². The molecule has 2 atom stereocenters. The molecule has 0 aliphatic carbocycles. The minimum Gasteiger partial charge on any atom is -0.465 e. The third-order valence-corrected chi connectivity index (χ3v) is 10.4. The van der Waals surface area contributed by atoms with Crippen molar-refractivity contribution in [1.82, 2.24) is 23.7 Å². The van der Waals surface area contributed by atoms with E-state index >= 15 is 0 Å². The van der Waals surface area contributed by atoms with Gasteiger partial charge in [-0.3, -0.25) is 4.79 Å². The predicted molar refractivity (Wildman–Crippen MR) is 166 cm³/mol. The van der Waals surface area contributed by atoms with Crippen molar-refractivity contribution in [1.29, 1.82) is 0 Å². The Kier molecular flexibility index (Phi) is 8.49. The number of piperidine rings is 1. The Hall–Kier alpha value is -4.48. The second kappa shape index (κ2) is 12.6. The monoisotopic (exact) mass is 613 g/mol. The molecule has 2 aliphatic rings. The summed E-state index contributed by atoms with van der Waals surface area (Å²) >= 11 is 0. The first-order valence-electron chi connectivity index (χ1n) is 14.8. The Bertz CT molecular complexity index is 1710. The predicted octanol–water partition coefficient (Wildman–Crippen LogP) is 4.62. The highest BCUT2D eigenvalue weighted by Gasteiger charge is 2.37. The first kappa shape index (κ1) is 29.6. The zero-order valence-corrected chi connectivity index (χ0v) is 25.1. The number of piperazine rings is 1. The molecular formula is C33H35N5O5S. The lowest BCUT2D eigenvalue weighted by Gasteiger charge is -2.40. The fourth-order valence-electron chi connectivity index (χ4n) is 6.28. The summed E-state index contributed by atoms with van der Waals surface area (Å²) in [6.07, 6.45) is 2.56. The number of hydrogen-bond acceptors (Lipinski definition) is 5. The van der Waals surface area contributed by atoms with Gasteiger partial charge in [-0.2, -0.15) is 4.31 Å². The smallest absolute Gasteiger partial charge is 0.407 e. The highest BCUT2D eigenvalue weighted by molar-refractivity contribution is 7.89. The van der Waals surface area contributed by atoms with Gasteiger partial charge in [-0.25, -0.2) is 18.2 Å². The summed E-state index contributed by atoms with van der Waals surface area (Å²) in [7, 11) is -3.68. The van der Waals surface area contributed by atoms with Crippen LogP contribution in [0.1, 0.15) is 34.9 Å². The topological polar surface area (TPSA) is 116 Å². The molecule has 0 saturated carbocycles. The molecule has 1 aromatic heterocycles. The normalized spacial score (nSPS) is 19.5.